The molecule has 4 heteroatoms. The van der Waals surface area contributed by atoms with Gasteiger partial charge in [-0.05, 0) is 55.1 Å². The number of hydrogen-bond donors (Lipinski definition) is 2. The van der Waals surface area contributed by atoms with Crippen molar-refractivity contribution in [3.8, 4) is 0 Å². The van der Waals surface area contributed by atoms with Gasteiger partial charge in [0.25, 0.3) is 0 Å². The van der Waals surface area contributed by atoms with Crippen LogP contribution in [0.15, 0.2) is 23.8 Å². The molecule has 0 aromatic carbocycles. The highest BCUT2D eigenvalue weighted by Gasteiger charge is 2.75. The van der Waals surface area contributed by atoms with E-state index < -0.39 is 16.4 Å². The molecule has 6 atom stereocenters. The van der Waals surface area contributed by atoms with Crippen LogP contribution in [0.2, 0.25) is 0 Å². The summed E-state index contributed by atoms with van der Waals surface area (Å²) in [6.45, 7) is 12.3. The summed E-state index contributed by atoms with van der Waals surface area (Å²) in [5.41, 5.74) is -1.32. The maximum Gasteiger partial charge on any atom is 0.155 e. The minimum Gasteiger partial charge on any atom is -0.392 e. The molecule has 0 saturated heterocycles. The van der Waals surface area contributed by atoms with E-state index in [1.165, 1.54) is 0 Å². The second-order valence-electron chi connectivity index (χ2n) is 10.7. The molecule has 154 valence electrons. The van der Waals surface area contributed by atoms with Crippen molar-refractivity contribution in [2.24, 2.45) is 27.6 Å². The van der Waals surface area contributed by atoms with Gasteiger partial charge in [0.15, 0.2) is 5.78 Å². The molecule has 3 fully saturated rings. The Kier molecular flexibility index (Phi) is 4.05. The first-order valence-corrected chi connectivity index (χ1v) is 10.7. The molecule has 3 saturated carbocycles. The van der Waals surface area contributed by atoms with Crippen LogP contribution in [0.25, 0.3) is 0 Å². The number of aliphatic hydroxyl groups is 2. The predicted molar refractivity (Wildman–Crippen MR) is 108 cm³/mol. The van der Waals surface area contributed by atoms with Gasteiger partial charge in [0, 0.05) is 29.1 Å². The zero-order valence-electron chi connectivity index (χ0n) is 17.7. The van der Waals surface area contributed by atoms with Crippen LogP contribution in [-0.2, 0) is 9.59 Å². The summed E-state index contributed by atoms with van der Waals surface area (Å²) in [6, 6.07) is 0. The number of Topliss-reactive ketones (excluding diaryl/α,β-unsaturated/α-hetero) is 1. The van der Waals surface area contributed by atoms with Gasteiger partial charge < -0.3 is 10.2 Å². The van der Waals surface area contributed by atoms with Crippen LogP contribution in [0, 0.1) is 27.6 Å². The van der Waals surface area contributed by atoms with Gasteiger partial charge in [0.05, 0.1) is 12.2 Å². The molecule has 3 unspecified atom stereocenters. The first-order valence-electron chi connectivity index (χ1n) is 10.7. The Balaban J connectivity index is 1.87. The lowest BCUT2D eigenvalue weighted by atomic mass is 9.35. The lowest BCUT2D eigenvalue weighted by Crippen LogP contribution is -2.67. The second kappa shape index (κ2) is 5.66. The topological polar surface area (TPSA) is 74.6 Å². The van der Waals surface area contributed by atoms with Crippen LogP contribution in [0.5, 0.6) is 0 Å². The molecule has 0 spiro atoms. The molecule has 0 aromatic rings. The molecule has 4 nitrogen and oxygen atoms in total. The van der Waals surface area contributed by atoms with E-state index in [9.17, 15) is 19.8 Å². The van der Waals surface area contributed by atoms with E-state index >= 15 is 0 Å². The number of aliphatic hydroxyl groups excluding tert-OH is 1. The standard InChI is InChI=1S/C24H34O4/c1-15(14-25)24(28)11-10-21(3)18-7-6-16-12-17(26)8-9-20(16,2)23(18,5)19(27)13-22(21,24)4/h12,18,25,28H,1,6-11,13-14H2,2-5H3/t18?,20?,21-,22?,23+,24-/m0/s1. The number of ketones is 2. The first-order chi connectivity index (χ1) is 12.9. The molecule has 0 aliphatic heterocycles. The zero-order valence-corrected chi connectivity index (χ0v) is 17.7. The van der Waals surface area contributed by atoms with Crippen molar-refractivity contribution < 1.29 is 19.8 Å². The zero-order chi connectivity index (χ0) is 20.8. The van der Waals surface area contributed by atoms with Crippen LogP contribution < -0.4 is 0 Å². The van der Waals surface area contributed by atoms with Gasteiger partial charge in [-0.25, -0.2) is 0 Å². The van der Waals surface area contributed by atoms with Gasteiger partial charge >= 0.3 is 0 Å². The molecule has 4 aliphatic rings. The highest BCUT2D eigenvalue weighted by Crippen LogP contribution is 2.76. The summed E-state index contributed by atoms with van der Waals surface area (Å²) >= 11 is 0. The third kappa shape index (κ3) is 1.94. The van der Waals surface area contributed by atoms with Crippen molar-refractivity contribution in [3.05, 3.63) is 23.8 Å². The summed E-state index contributed by atoms with van der Waals surface area (Å²) < 4.78 is 0. The highest BCUT2D eigenvalue weighted by atomic mass is 16.3. The lowest BCUT2D eigenvalue weighted by molar-refractivity contribution is -0.196. The summed E-state index contributed by atoms with van der Waals surface area (Å²) in [7, 11) is 0. The van der Waals surface area contributed by atoms with E-state index in [4.69, 9.17) is 0 Å². The fourth-order valence-corrected chi connectivity index (χ4v) is 7.91. The summed E-state index contributed by atoms with van der Waals surface area (Å²) in [5.74, 6) is 0.524. The van der Waals surface area contributed by atoms with E-state index in [0.717, 1.165) is 31.3 Å². The van der Waals surface area contributed by atoms with Gasteiger partial charge in [-0.3, -0.25) is 9.59 Å². The lowest BCUT2D eigenvalue weighted by Gasteiger charge is -2.67. The molecule has 28 heavy (non-hydrogen) atoms. The smallest absolute Gasteiger partial charge is 0.155 e. The molecular weight excluding hydrogens is 352 g/mol. The second-order valence-corrected chi connectivity index (χ2v) is 10.7. The van der Waals surface area contributed by atoms with Gasteiger partial charge in [0.2, 0.25) is 0 Å². The largest absolute Gasteiger partial charge is 0.392 e. The van der Waals surface area contributed by atoms with Gasteiger partial charge in [-0.15, -0.1) is 0 Å². The fraction of sp³-hybridized carbons (Fsp3) is 0.750. The summed E-state index contributed by atoms with van der Waals surface area (Å²) in [5, 5.41) is 21.4. The Morgan fingerprint density at radius 2 is 1.82 bits per heavy atom. The minimum absolute atomic E-state index is 0.141. The number of carbonyl (C=O) groups is 2. The minimum atomic E-state index is -1.22. The van der Waals surface area contributed by atoms with Crippen molar-refractivity contribution in [2.75, 3.05) is 6.61 Å². The monoisotopic (exact) mass is 386 g/mol. The molecule has 2 N–H and O–H groups in total. The molecule has 0 amide bonds. The average molecular weight is 387 g/mol. The summed E-state index contributed by atoms with van der Waals surface area (Å²) in [6.07, 6.45) is 6.42. The van der Waals surface area contributed by atoms with Crippen molar-refractivity contribution in [2.45, 2.75) is 78.2 Å². The molecule has 0 radical (unpaired) electrons. The molecule has 0 bridgehead atoms. The number of carbonyl (C=O) groups excluding carboxylic acids is 2. The SMILES string of the molecule is C=C(CO)[C@@]1(O)CC[C@@]2(C)C3CCC4=CC(=O)CCC4(C)[C@@]3(C)C(=O)CC21C. The van der Waals surface area contributed by atoms with Crippen molar-refractivity contribution >= 4 is 11.6 Å². The normalized spacial score (nSPS) is 50.5. The van der Waals surface area contributed by atoms with Crippen molar-refractivity contribution in [1.82, 2.24) is 0 Å². The van der Waals surface area contributed by atoms with Crippen molar-refractivity contribution in [3.63, 3.8) is 0 Å². The van der Waals surface area contributed by atoms with Crippen LogP contribution in [0.3, 0.4) is 0 Å². The van der Waals surface area contributed by atoms with E-state index in [2.05, 4.69) is 27.4 Å². The number of fused-ring (bicyclic) bond motifs is 5. The summed E-state index contributed by atoms with van der Waals surface area (Å²) in [4.78, 5) is 25.9. The number of allylic oxidation sites excluding steroid dienone is 1. The third-order valence-corrected chi connectivity index (χ3v) is 10.3. The van der Waals surface area contributed by atoms with Gasteiger partial charge in [-0.1, -0.05) is 39.8 Å². The third-order valence-electron chi connectivity index (χ3n) is 10.3. The Morgan fingerprint density at radius 1 is 1.14 bits per heavy atom. The van der Waals surface area contributed by atoms with E-state index in [1.54, 1.807) is 0 Å². The number of rotatable bonds is 2. The van der Waals surface area contributed by atoms with Crippen LogP contribution in [0.1, 0.15) is 72.6 Å². The van der Waals surface area contributed by atoms with Crippen molar-refractivity contribution in [1.29, 1.82) is 0 Å². The van der Waals surface area contributed by atoms with Gasteiger partial charge in [-0.2, -0.15) is 0 Å². The van der Waals surface area contributed by atoms with Gasteiger partial charge in [0.1, 0.15) is 5.78 Å². The quantitative estimate of drug-likeness (QED) is 0.709. The Bertz CT molecular complexity index is 811. The van der Waals surface area contributed by atoms with E-state index in [1.807, 2.05) is 13.0 Å². The van der Waals surface area contributed by atoms with E-state index in [-0.39, 0.29) is 34.9 Å². The average Bonchev–Trinajstić information content (AvgIpc) is 2.85. The Hall–Kier alpha value is -1.26. The Morgan fingerprint density at radius 3 is 2.46 bits per heavy atom. The first kappa shape index (κ1) is 20.0. The molecular formula is C24H34O4. The molecule has 4 rings (SSSR count). The van der Waals surface area contributed by atoms with Crippen LogP contribution in [-0.4, -0.2) is 34.0 Å². The van der Waals surface area contributed by atoms with Crippen LogP contribution in [0.4, 0.5) is 0 Å². The highest BCUT2D eigenvalue weighted by molar-refractivity contribution is 5.94. The maximum atomic E-state index is 13.9. The van der Waals surface area contributed by atoms with Crippen LogP contribution >= 0.6 is 0 Å². The Labute approximate surface area is 168 Å². The van der Waals surface area contributed by atoms with E-state index in [0.29, 0.717) is 24.8 Å². The molecule has 0 aromatic heterocycles. The number of hydrogen-bond acceptors (Lipinski definition) is 4. The maximum absolute atomic E-state index is 13.9. The molecule has 0 heterocycles. The fourth-order valence-electron chi connectivity index (χ4n) is 7.91. The predicted octanol–water partition coefficient (Wildman–Crippen LogP) is 3.76. The molecule has 4 aliphatic carbocycles.